The van der Waals surface area contributed by atoms with E-state index in [-0.39, 0.29) is 24.2 Å². The monoisotopic (exact) mass is 370 g/mol. The summed E-state index contributed by atoms with van der Waals surface area (Å²) in [6, 6.07) is 11.4. The van der Waals surface area contributed by atoms with Gasteiger partial charge in [0.2, 0.25) is 11.8 Å². The lowest BCUT2D eigenvalue weighted by molar-refractivity contribution is -0.122. The second-order valence-corrected chi connectivity index (χ2v) is 7.23. The molecule has 1 unspecified atom stereocenters. The number of carbonyl (C=O) groups excluding carboxylic acids is 2. The maximum Gasteiger partial charge on any atom is 0.229 e. The van der Waals surface area contributed by atoms with Gasteiger partial charge >= 0.3 is 0 Å². The van der Waals surface area contributed by atoms with Crippen molar-refractivity contribution in [3.8, 4) is 0 Å². The molecule has 136 valence electrons. The van der Waals surface area contributed by atoms with Crippen LogP contribution < -0.4 is 10.2 Å². The fourth-order valence-electron chi connectivity index (χ4n) is 3.49. The molecule has 0 aromatic heterocycles. The van der Waals surface area contributed by atoms with Gasteiger partial charge in [0, 0.05) is 29.4 Å². The van der Waals surface area contributed by atoms with E-state index in [4.69, 9.17) is 11.6 Å². The van der Waals surface area contributed by atoms with Crippen LogP contribution in [0.25, 0.3) is 0 Å². The summed E-state index contributed by atoms with van der Waals surface area (Å²) in [5.41, 5.74) is 4.79. The van der Waals surface area contributed by atoms with Crippen molar-refractivity contribution in [1.82, 2.24) is 0 Å². The molecule has 5 heteroatoms. The van der Waals surface area contributed by atoms with E-state index in [1.807, 2.05) is 38.1 Å². The van der Waals surface area contributed by atoms with Crippen molar-refractivity contribution in [2.24, 2.45) is 5.92 Å². The predicted octanol–water partition coefficient (Wildman–Crippen LogP) is 4.51. The number of rotatable bonds is 4. The molecule has 0 spiro atoms. The minimum atomic E-state index is -0.359. The minimum Gasteiger partial charge on any atom is -0.326 e. The van der Waals surface area contributed by atoms with Crippen molar-refractivity contribution in [2.45, 2.75) is 33.6 Å². The van der Waals surface area contributed by atoms with Crippen LogP contribution in [0.1, 0.15) is 30.0 Å². The topological polar surface area (TPSA) is 49.4 Å². The minimum absolute atomic E-state index is 0.00183. The molecule has 1 fully saturated rings. The third-order valence-electron chi connectivity index (χ3n) is 4.91. The Morgan fingerprint density at radius 1 is 1.23 bits per heavy atom. The number of para-hydroxylation sites is 1. The molecule has 0 radical (unpaired) electrons. The summed E-state index contributed by atoms with van der Waals surface area (Å²) in [5, 5.41) is 3.57. The Kier molecular flexibility index (Phi) is 5.33. The van der Waals surface area contributed by atoms with Gasteiger partial charge in [0.05, 0.1) is 5.92 Å². The van der Waals surface area contributed by atoms with Crippen LogP contribution >= 0.6 is 11.6 Å². The van der Waals surface area contributed by atoms with E-state index in [2.05, 4.69) is 12.2 Å². The highest BCUT2D eigenvalue weighted by Gasteiger charge is 2.36. The summed E-state index contributed by atoms with van der Waals surface area (Å²) in [5.74, 6) is -0.484. The van der Waals surface area contributed by atoms with Crippen molar-refractivity contribution in [1.29, 1.82) is 0 Å². The van der Waals surface area contributed by atoms with E-state index in [9.17, 15) is 9.59 Å². The Morgan fingerprint density at radius 3 is 2.69 bits per heavy atom. The van der Waals surface area contributed by atoms with Gasteiger partial charge in [-0.3, -0.25) is 9.59 Å². The van der Waals surface area contributed by atoms with Gasteiger partial charge in [0.1, 0.15) is 0 Å². The smallest absolute Gasteiger partial charge is 0.229 e. The van der Waals surface area contributed by atoms with Gasteiger partial charge in [-0.2, -0.15) is 0 Å². The molecule has 1 aliphatic rings. The predicted molar refractivity (Wildman–Crippen MR) is 106 cm³/mol. The molecule has 1 atom stereocenters. The first-order valence-electron chi connectivity index (χ1n) is 8.86. The standard InChI is InChI=1S/C21H23ClN2O2/c1-4-15-7-5-6-13(2)20(15)24-12-16(11-19(24)25)21(26)23-18-9-8-17(22)10-14(18)3/h5-10,16H,4,11-12H2,1-3H3,(H,23,26). The quantitative estimate of drug-likeness (QED) is 0.860. The van der Waals surface area contributed by atoms with Crippen LogP contribution in [0.2, 0.25) is 5.02 Å². The molecule has 1 N–H and O–H groups in total. The summed E-state index contributed by atoms with van der Waals surface area (Å²) in [7, 11) is 0. The first-order valence-corrected chi connectivity index (χ1v) is 9.24. The average molecular weight is 371 g/mol. The molecule has 4 nitrogen and oxygen atoms in total. The number of anilines is 2. The van der Waals surface area contributed by atoms with Crippen LogP contribution in [-0.2, 0) is 16.0 Å². The summed E-state index contributed by atoms with van der Waals surface area (Å²) < 4.78 is 0. The highest BCUT2D eigenvalue weighted by Crippen LogP contribution is 2.32. The Hall–Kier alpha value is -2.33. The lowest BCUT2D eigenvalue weighted by Crippen LogP contribution is -2.29. The number of carbonyl (C=O) groups is 2. The normalized spacial score (nSPS) is 16.8. The summed E-state index contributed by atoms with van der Waals surface area (Å²) >= 11 is 5.97. The van der Waals surface area contributed by atoms with Crippen molar-refractivity contribution < 1.29 is 9.59 Å². The van der Waals surface area contributed by atoms with Gasteiger partial charge in [-0.25, -0.2) is 0 Å². The maximum atomic E-state index is 12.7. The molecule has 2 aromatic rings. The number of nitrogens with one attached hydrogen (secondary N) is 1. The first kappa shape index (κ1) is 18.5. The van der Waals surface area contributed by atoms with E-state index in [0.717, 1.165) is 34.5 Å². The molecule has 2 amide bonds. The third kappa shape index (κ3) is 3.61. The van der Waals surface area contributed by atoms with E-state index in [0.29, 0.717) is 11.6 Å². The van der Waals surface area contributed by atoms with E-state index in [1.54, 1.807) is 17.0 Å². The maximum absolute atomic E-state index is 12.7. The third-order valence-corrected chi connectivity index (χ3v) is 5.15. The number of halogens is 1. The zero-order valence-electron chi connectivity index (χ0n) is 15.3. The molecule has 26 heavy (non-hydrogen) atoms. The van der Waals surface area contributed by atoms with Gasteiger partial charge in [-0.05, 0) is 55.2 Å². The fraction of sp³-hybridized carbons (Fsp3) is 0.333. The van der Waals surface area contributed by atoms with Crippen LogP contribution in [0.3, 0.4) is 0 Å². The number of hydrogen-bond acceptors (Lipinski definition) is 2. The molecule has 3 rings (SSSR count). The molecule has 1 aliphatic heterocycles. The molecular formula is C21H23ClN2O2. The summed E-state index contributed by atoms with van der Waals surface area (Å²) in [6.07, 6.45) is 1.08. The molecular weight excluding hydrogens is 348 g/mol. The molecule has 1 heterocycles. The molecule has 0 bridgehead atoms. The summed E-state index contributed by atoms with van der Waals surface area (Å²) in [4.78, 5) is 27.1. The highest BCUT2D eigenvalue weighted by molar-refractivity contribution is 6.30. The number of nitrogens with zero attached hydrogens (tertiary/aromatic N) is 1. The second-order valence-electron chi connectivity index (χ2n) is 6.79. The van der Waals surface area contributed by atoms with E-state index < -0.39 is 0 Å². The molecule has 0 saturated carbocycles. The molecule has 1 saturated heterocycles. The number of hydrogen-bond donors (Lipinski definition) is 1. The van der Waals surface area contributed by atoms with Crippen LogP contribution in [0.4, 0.5) is 11.4 Å². The van der Waals surface area contributed by atoms with Gasteiger partial charge < -0.3 is 10.2 Å². The zero-order valence-corrected chi connectivity index (χ0v) is 16.1. The SMILES string of the molecule is CCc1cccc(C)c1N1CC(C(=O)Nc2ccc(Cl)cc2C)CC1=O. The Morgan fingerprint density at radius 2 is 2.00 bits per heavy atom. The molecule has 0 aliphatic carbocycles. The largest absolute Gasteiger partial charge is 0.326 e. The Bertz CT molecular complexity index is 863. The van der Waals surface area contributed by atoms with Gasteiger partial charge in [0.25, 0.3) is 0 Å². The van der Waals surface area contributed by atoms with Crippen molar-refractivity contribution in [3.63, 3.8) is 0 Å². The molecule has 2 aromatic carbocycles. The number of benzene rings is 2. The van der Waals surface area contributed by atoms with Crippen molar-refractivity contribution in [2.75, 3.05) is 16.8 Å². The Labute approximate surface area is 159 Å². The van der Waals surface area contributed by atoms with Crippen LogP contribution in [0.5, 0.6) is 0 Å². The van der Waals surface area contributed by atoms with Crippen molar-refractivity contribution in [3.05, 3.63) is 58.1 Å². The van der Waals surface area contributed by atoms with Gasteiger partial charge in [0.15, 0.2) is 0 Å². The lowest BCUT2D eigenvalue weighted by Gasteiger charge is -2.22. The average Bonchev–Trinajstić information content (AvgIpc) is 2.98. The Balaban J connectivity index is 1.78. The van der Waals surface area contributed by atoms with Gasteiger partial charge in [-0.1, -0.05) is 36.7 Å². The van der Waals surface area contributed by atoms with Crippen molar-refractivity contribution >= 4 is 34.8 Å². The number of aryl methyl sites for hydroxylation is 3. The van der Waals surface area contributed by atoms with Gasteiger partial charge in [-0.15, -0.1) is 0 Å². The van der Waals surface area contributed by atoms with Crippen LogP contribution in [0.15, 0.2) is 36.4 Å². The van der Waals surface area contributed by atoms with Crippen LogP contribution in [0, 0.1) is 19.8 Å². The first-order chi connectivity index (χ1) is 12.4. The van der Waals surface area contributed by atoms with E-state index in [1.165, 1.54) is 0 Å². The lowest BCUT2D eigenvalue weighted by atomic mass is 10.0. The van der Waals surface area contributed by atoms with Crippen LogP contribution in [-0.4, -0.2) is 18.4 Å². The fourth-order valence-corrected chi connectivity index (χ4v) is 3.72. The summed E-state index contributed by atoms with van der Waals surface area (Å²) in [6.45, 7) is 6.39. The number of amides is 2. The van der Waals surface area contributed by atoms with E-state index >= 15 is 0 Å². The highest BCUT2D eigenvalue weighted by atomic mass is 35.5. The zero-order chi connectivity index (χ0) is 18.8. The second kappa shape index (κ2) is 7.50.